The SMILES string of the molecule is COC(=O)c1cc(NC(=O)c2ccc(-c3ccc([N+](=O)[O-])cc3OC)o2)cc(C(=O)OC)c1. The Morgan fingerprint density at radius 1 is 0.909 bits per heavy atom. The Labute approximate surface area is 187 Å². The Hall–Kier alpha value is -4.67. The van der Waals surface area contributed by atoms with E-state index in [0.717, 1.165) is 0 Å². The van der Waals surface area contributed by atoms with Crippen molar-refractivity contribution in [2.24, 2.45) is 0 Å². The summed E-state index contributed by atoms with van der Waals surface area (Å²) >= 11 is 0. The van der Waals surface area contributed by atoms with Crippen molar-refractivity contribution in [1.82, 2.24) is 0 Å². The van der Waals surface area contributed by atoms with E-state index in [1.807, 2.05) is 0 Å². The van der Waals surface area contributed by atoms with Crippen molar-refractivity contribution in [2.75, 3.05) is 26.6 Å². The van der Waals surface area contributed by atoms with Crippen LogP contribution in [-0.4, -0.2) is 44.1 Å². The number of nitrogens with one attached hydrogen (secondary N) is 1. The molecule has 170 valence electrons. The number of hydrogen-bond donors (Lipinski definition) is 1. The minimum absolute atomic E-state index is 0.0338. The number of carbonyl (C=O) groups is 3. The van der Waals surface area contributed by atoms with E-state index in [1.165, 1.54) is 69.9 Å². The molecule has 0 spiro atoms. The molecule has 1 N–H and O–H groups in total. The number of nitro benzene ring substituents is 1. The van der Waals surface area contributed by atoms with Gasteiger partial charge in [-0.3, -0.25) is 14.9 Å². The molecule has 3 aromatic rings. The highest BCUT2D eigenvalue weighted by molar-refractivity contribution is 6.04. The van der Waals surface area contributed by atoms with Crippen molar-refractivity contribution in [3.8, 4) is 17.1 Å². The molecule has 0 aliphatic heterocycles. The molecule has 0 radical (unpaired) electrons. The molecule has 1 heterocycles. The molecule has 1 aromatic heterocycles. The van der Waals surface area contributed by atoms with Crippen molar-refractivity contribution in [1.29, 1.82) is 0 Å². The number of hydrogen-bond acceptors (Lipinski definition) is 9. The Morgan fingerprint density at radius 3 is 2.09 bits per heavy atom. The lowest BCUT2D eigenvalue weighted by atomic mass is 10.1. The van der Waals surface area contributed by atoms with Gasteiger partial charge in [0.2, 0.25) is 0 Å². The fourth-order valence-corrected chi connectivity index (χ4v) is 2.97. The summed E-state index contributed by atoms with van der Waals surface area (Å²) in [6, 6.07) is 10.8. The highest BCUT2D eigenvalue weighted by atomic mass is 16.6. The Kier molecular flexibility index (Phi) is 6.72. The number of nitro groups is 1. The first-order chi connectivity index (χ1) is 15.8. The number of carbonyl (C=O) groups excluding carboxylic acids is 3. The van der Waals surface area contributed by atoms with Gasteiger partial charge in [0, 0.05) is 11.8 Å². The maximum Gasteiger partial charge on any atom is 0.337 e. The van der Waals surface area contributed by atoms with Crippen LogP contribution >= 0.6 is 0 Å². The van der Waals surface area contributed by atoms with E-state index in [1.54, 1.807) is 0 Å². The van der Waals surface area contributed by atoms with Gasteiger partial charge in [-0.15, -0.1) is 0 Å². The van der Waals surface area contributed by atoms with Gasteiger partial charge in [-0.1, -0.05) is 0 Å². The molecule has 33 heavy (non-hydrogen) atoms. The number of furan rings is 1. The maximum absolute atomic E-state index is 12.7. The molecular formula is C22H18N2O9. The van der Waals surface area contributed by atoms with Crippen molar-refractivity contribution < 1.29 is 37.9 Å². The third-order valence-electron chi connectivity index (χ3n) is 4.52. The fraction of sp³-hybridized carbons (Fsp3) is 0.136. The summed E-state index contributed by atoms with van der Waals surface area (Å²) in [5, 5.41) is 13.5. The lowest BCUT2D eigenvalue weighted by Gasteiger charge is -2.09. The van der Waals surface area contributed by atoms with E-state index < -0.39 is 22.8 Å². The monoisotopic (exact) mass is 454 g/mol. The summed E-state index contributed by atoms with van der Waals surface area (Å²) in [7, 11) is 3.72. The van der Waals surface area contributed by atoms with Crippen LogP contribution in [-0.2, 0) is 9.47 Å². The fourth-order valence-electron chi connectivity index (χ4n) is 2.97. The Morgan fingerprint density at radius 2 is 1.55 bits per heavy atom. The summed E-state index contributed by atoms with van der Waals surface area (Å²) in [6.45, 7) is 0. The van der Waals surface area contributed by atoms with Crippen LogP contribution < -0.4 is 10.1 Å². The highest BCUT2D eigenvalue weighted by Crippen LogP contribution is 2.34. The van der Waals surface area contributed by atoms with Crippen molar-refractivity contribution in [3.05, 3.63) is 75.5 Å². The number of ether oxygens (including phenoxy) is 3. The van der Waals surface area contributed by atoms with E-state index in [2.05, 4.69) is 14.8 Å². The van der Waals surface area contributed by atoms with Crippen LogP contribution in [0.5, 0.6) is 5.75 Å². The van der Waals surface area contributed by atoms with E-state index in [4.69, 9.17) is 9.15 Å². The largest absolute Gasteiger partial charge is 0.496 e. The summed E-state index contributed by atoms with van der Waals surface area (Å²) in [5.41, 5.74) is 0.446. The molecule has 0 saturated heterocycles. The standard InChI is InChI=1S/C22H18N2O9/c1-30-19-11-15(24(28)29)4-5-16(19)17-6-7-18(33-17)20(25)23-14-9-12(21(26)31-2)8-13(10-14)22(27)32-3/h4-11H,1-3H3,(H,23,25). The van der Waals surface area contributed by atoms with Gasteiger partial charge in [-0.05, 0) is 36.4 Å². The van der Waals surface area contributed by atoms with Gasteiger partial charge in [0.05, 0.1) is 49.0 Å². The zero-order chi connectivity index (χ0) is 24.1. The molecule has 3 rings (SSSR count). The lowest BCUT2D eigenvalue weighted by molar-refractivity contribution is -0.384. The first kappa shape index (κ1) is 23.0. The molecule has 0 aliphatic carbocycles. The number of rotatable bonds is 7. The lowest BCUT2D eigenvalue weighted by Crippen LogP contribution is -2.13. The quantitative estimate of drug-likeness (QED) is 0.320. The molecule has 1 amide bonds. The summed E-state index contributed by atoms with van der Waals surface area (Å²) < 4.78 is 20.1. The normalized spacial score (nSPS) is 10.3. The van der Waals surface area contributed by atoms with Crippen LogP contribution in [0.15, 0.2) is 52.9 Å². The Balaban J connectivity index is 1.89. The number of nitrogens with zero attached hydrogens (tertiary/aromatic N) is 1. The summed E-state index contributed by atoms with van der Waals surface area (Å²) in [4.78, 5) is 46.9. The molecule has 0 bridgehead atoms. The zero-order valence-corrected chi connectivity index (χ0v) is 17.7. The third kappa shape index (κ3) is 4.98. The number of non-ortho nitro benzene ring substituents is 1. The van der Waals surface area contributed by atoms with Crippen molar-refractivity contribution >= 4 is 29.2 Å². The predicted octanol–water partition coefficient (Wildman–Crippen LogP) is 3.69. The summed E-state index contributed by atoms with van der Waals surface area (Å²) in [6.07, 6.45) is 0. The first-order valence-corrected chi connectivity index (χ1v) is 9.33. The number of methoxy groups -OCH3 is 3. The Bertz CT molecular complexity index is 1210. The second-order valence-electron chi connectivity index (χ2n) is 6.54. The van der Waals surface area contributed by atoms with Gasteiger partial charge >= 0.3 is 11.9 Å². The molecule has 0 unspecified atom stereocenters. The minimum atomic E-state index is -0.707. The van der Waals surface area contributed by atoms with Gasteiger partial charge in [0.25, 0.3) is 11.6 Å². The van der Waals surface area contributed by atoms with Gasteiger partial charge in [-0.25, -0.2) is 9.59 Å². The van der Waals surface area contributed by atoms with Gasteiger partial charge in [0.1, 0.15) is 11.5 Å². The van der Waals surface area contributed by atoms with E-state index >= 15 is 0 Å². The topological polar surface area (TPSA) is 147 Å². The van der Waals surface area contributed by atoms with E-state index in [0.29, 0.717) is 5.56 Å². The van der Waals surface area contributed by atoms with Crippen LogP contribution in [0.2, 0.25) is 0 Å². The molecule has 0 saturated carbocycles. The molecule has 0 fully saturated rings. The van der Waals surface area contributed by atoms with Crippen LogP contribution in [0.4, 0.5) is 11.4 Å². The van der Waals surface area contributed by atoms with E-state index in [-0.39, 0.29) is 39.8 Å². The van der Waals surface area contributed by atoms with Crippen LogP contribution in [0, 0.1) is 10.1 Å². The molecule has 0 atom stereocenters. The average molecular weight is 454 g/mol. The number of esters is 2. The molecular weight excluding hydrogens is 436 g/mol. The second-order valence-corrected chi connectivity index (χ2v) is 6.54. The smallest absolute Gasteiger partial charge is 0.337 e. The number of amides is 1. The molecule has 0 aliphatic rings. The predicted molar refractivity (Wildman–Crippen MR) is 114 cm³/mol. The molecule has 2 aromatic carbocycles. The summed E-state index contributed by atoms with van der Waals surface area (Å²) in [5.74, 6) is -1.73. The maximum atomic E-state index is 12.7. The van der Waals surface area contributed by atoms with Crippen molar-refractivity contribution in [2.45, 2.75) is 0 Å². The van der Waals surface area contributed by atoms with Gasteiger partial charge < -0.3 is 23.9 Å². The first-order valence-electron chi connectivity index (χ1n) is 9.33. The minimum Gasteiger partial charge on any atom is -0.496 e. The third-order valence-corrected chi connectivity index (χ3v) is 4.52. The van der Waals surface area contributed by atoms with Gasteiger partial charge in [-0.2, -0.15) is 0 Å². The number of benzene rings is 2. The van der Waals surface area contributed by atoms with E-state index in [9.17, 15) is 24.5 Å². The zero-order valence-electron chi connectivity index (χ0n) is 17.7. The van der Waals surface area contributed by atoms with Crippen LogP contribution in [0.1, 0.15) is 31.3 Å². The molecule has 11 nitrogen and oxygen atoms in total. The molecule has 11 heteroatoms. The average Bonchev–Trinajstić information content (AvgIpc) is 3.32. The number of anilines is 1. The van der Waals surface area contributed by atoms with Crippen LogP contribution in [0.3, 0.4) is 0 Å². The van der Waals surface area contributed by atoms with Crippen LogP contribution in [0.25, 0.3) is 11.3 Å². The second kappa shape index (κ2) is 9.64. The van der Waals surface area contributed by atoms with Crippen molar-refractivity contribution in [3.63, 3.8) is 0 Å². The highest BCUT2D eigenvalue weighted by Gasteiger charge is 2.19. The van der Waals surface area contributed by atoms with Gasteiger partial charge in [0.15, 0.2) is 5.76 Å².